The fourth-order valence-corrected chi connectivity index (χ4v) is 2.74. The van der Waals surface area contributed by atoms with Gasteiger partial charge in [-0.15, -0.1) is 0 Å². The first-order valence-electron chi connectivity index (χ1n) is 8.53. The fourth-order valence-electron chi connectivity index (χ4n) is 2.47. The number of rotatable bonds is 12. The third-order valence-corrected chi connectivity index (χ3v) is 4.18. The maximum atomic E-state index is 11.3. The van der Waals surface area contributed by atoms with Crippen molar-refractivity contribution in [1.82, 2.24) is 5.32 Å². The molecule has 0 heterocycles. The molecule has 0 saturated carbocycles. The van der Waals surface area contributed by atoms with E-state index >= 15 is 0 Å². The average Bonchev–Trinajstić information content (AvgIpc) is 2.55. The monoisotopic (exact) mass is 383 g/mol. The molecule has 8 heteroatoms. The lowest BCUT2D eigenvalue weighted by molar-refractivity contribution is -0.121. The molecular formula is C18H26ClN3O4. The number of primary amides is 2. The van der Waals surface area contributed by atoms with Gasteiger partial charge in [0.05, 0.1) is 11.1 Å². The van der Waals surface area contributed by atoms with Gasteiger partial charge in [-0.2, -0.15) is 0 Å². The van der Waals surface area contributed by atoms with Crippen LogP contribution in [0.2, 0.25) is 5.02 Å². The summed E-state index contributed by atoms with van der Waals surface area (Å²) in [6, 6.07) is 5.14. The van der Waals surface area contributed by atoms with E-state index in [0.717, 1.165) is 12.0 Å². The highest BCUT2D eigenvalue weighted by Gasteiger charge is 2.14. The Balaban J connectivity index is 2.63. The number of amides is 3. The van der Waals surface area contributed by atoms with E-state index in [0.29, 0.717) is 36.5 Å². The zero-order valence-corrected chi connectivity index (χ0v) is 15.7. The number of hydrogen-bond acceptors (Lipinski definition) is 4. The fraction of sp³-hybridized carbons (Fsp3) is 0.500. The number of nitrogens with two attached hydrogens (primary N) is 2. The van der Waals surface area contributed by atoms with E-state index < -0.39 is 5.91 Å². The normalized spacial score (nSPS) is 11.6. The Kier molecular flexibility index (Phi) is 9.51. The minimum absolute atomic E-state index is 0.155. The van der Waals surface area contributed by atoms with Crippen LogP contribution < -0.4 is 21.5 Å². The molecule has 3 amide bonds. The molecule has 26 heavy (non-hydrogen) atoms. The average molecular weight is 384 g/mol. The zero-order valence-electron chi connectivity index (χ0n) is 14.9. The highest BCUT2D eigenvalue weighted by Crippen LogP contribution is 2.29. The Morgan fingerprint density at radius 3 is 2.46 bits per heavy atom. The second-order valence-corrected chi connectivity index (χ2v) is 6.49. The van der Waals surface area contributed by atoms with E-state index in [-0.39, 0.29) is 30.9 Å². The van der Waals surface area contributed by atoms with Crippen molar-refractivity contribution in [1.29, 1.82) is 0 Å². The molecule has 1 aromatic rings. The first-order valence-corrected chi connectivity index (χ1v) is 8.91. The quantitative estimate of drug-likeness (QED) is 0.475. The van der Waals surface area contributed by atoms with Gasteiger partial charge in [-0.25, -0.2) is 0 Å². The summed E-state index contributed by atoms with van der Waals surface area (Å²) in [6.45, 7) is 1.58. The topological polar surface area (TPSA) is 125 Å². The number of carbonyl (C=O) groups is 3. The Hall–Kier alpha value is -2.28. The van der Waals surface area contributed by atoms with Gasteiger partial charge in [0, 0.05) is 19.8 Å². The molecule has 0 aliphatic carbocycles. The van der Waals surface area contributed by atoms with Crippen LogP contribution in [0.15, 0.2) is 18.2 Å². The second-order valence-electron chi connectivity index (χ2n) is 6.12. The standard InChI is InChI=1S/C18H26ClN3O4/c1-12(23)22-14(9-10-17(21)25)11-26-15-7-4-6-13(18(15)19)5-2-3-8-16(20)24/h4,6-7,14H,2-3,5,8-11H2,1H3,(H2,20,24)(H2,21,25)(H,22,23)/t14-/m0/s1. The van der Waals surface area contributed by atoms with Gasteiger partial charge < -0.3 is 21.5 Å². The highest BCUT2D eigenvalue weighted by molar-refractivity contribution is 6.32. The molecule has 1 atom stereocenters. The van der Waals surface area contributed by atoms with Crippen LogP contribution >= 0.6 is 11.6 Å². The van der Waals surface area contributed by atoms with Crippen LogP contribution in [-0.4, -0.2) is 30.4 Å². The largest absolute Gasteiger partial charge is 0.490 e. The number of hydrogen-bond donors (Lipinski definition) is 3. The van der Waals surface area contributed by atoms with Gasteiger partial charge in [0.2, 0.25) is 17.7 Å². The number of carbonyl (C=O) groups excluding carboxylic acids is 3. The summed E-state index contributed by atoms with van der Waals surface area (Å²) in [5, 5.41) is 3.24. The zero-order chi connectivity index (χ0) is 19.5. The minimum atomic E-state index is -0.434. The first-order chi connectivity index (χ1) is 12.3. The Bertz CT molecular complexity index is 637. The third-order valence-electron chi connectivity index (χ3n) is 3.75. The summed E-state index contributed by atoms with van der Waals surface area (Å²) >= 11 is 6.39. The van der Waals surface area contributed by atoms with Crippen LogP contribution in [0.1, 0.15) is 44.6 Å². The van der Waals surface area contributed by atoms with E-state index in [1.54, 1.807) is 6.07 Å². The SMILES string of the molecule is CC(=O)N[C@@H](CCC(N)=O)COc1cccc(CCCCC(N)=O)c1Cl. The van der Waals surface area contributed by atoms with E-state index in [1.807, 2.05) is 12.1 Å². The summed E-state index contributed by atoms with van der Waals surface area (Å²) < 4.78 is 5.74. The van der Waals surface area contributed by atoms with Gasteiger partial charge in [-0.1, -0.05) is 23.7 Å². The first kappa shape index (κ1) is 21.8. The summed E-state index contributed by atoms with van der Waals surface area (Å²) in [4.78, 5) is 33.0. The number of nitrogens with one attached hydrogen (secondary N) is 1. The molecule has 144 valence electrons. The molecule has 0 bridgehead atoms. The Labute approximate surface area is 158 Å². The maximum absolute atomic E-state index is 11.3. The van der Waals surface area contributed by atoms with Gasteiger partial charge in [0.1, 0.15) is 12.4 Å². The smallest absolute Gasteiger partial charge is 0.217 e. The molecule has 1 aromatic carbocycles. The summed E-state index contributed by atoms with van der Waals surface area (Å²) in [5.41, 5.74) is 11.2. The summed E-state index contributed by atoms with van der Waals surface area (Å²) in [6.07, 6.45) is 3.10. The summed E-state index contributed by atoms with van der Waals surface area (Å²) in [7, 11) is 0. The van der Waals surface area contributed by atoms with Gasteiger partial charge in [0.25, 0.3) is 0 Å². The molecule has 0 fully saturated rings. The van der Waals surface area contributed by atoms with Crippen LogP contribution in [0.4, 0.5) is 0 Å². The number of benzene rings is 1. The van der Waals surface area contributed by atoms with E-state index in [1.165, 1.54) is 6.92 Å². The van der Waals surface area contributed by atoms with Crippen molar-refractivity contribution in [2.75, 3.05) is 6.61 Å². The van der Waals surface area contributed by atoms with Crippen molar-refractivity contribution in [3.63, 3.8) is 0 Å². The molecule has 0 aliphatic heterocycles. The Morgan fingerprint density at radius 1 is 1.15 bits per heavy atom. The van der Waals surface area contributed by atoms with E-state index in [2.05, 4.69) is 5.32 Å². The number of ether oxygens (including phenoxy) is 1. The molecule has 1 rings (SSSR count). The predicted molar refractivity (Wildman–Crippen MR) is 99.7 cm³/mol. The van der Waals surface area contributed by atoms with Crippen LogP contribution in [0.25, 0.3) is 0 Å². The molecule has 0 unspecified atom stereocenters. The predicted octanol–water partition coefficient (Wildman–Crippen LogP) is 1.69. The van der Waals surface area contributed by atoms with Crippen molar-refractivity contribution in [3.8, 4) is 5.75 Å². The molecule has 0 radical (unpaired) electrons. The Morgan fingerprint density at radius 2 is 1.85 bits per heavy atom. The van der Waals surface area contributed by atoms with Gasteiger partial charge >= 0.3 is 0 Å². The van der Waals surface area contributed by atoms with E-state index in [9.17, 15) is 14.4 Å². The molecule has 5 N–H and O–H groups in total. The minimum Gasteiger partial charge on any atom is -0.490 e. The van der Waals surface area contributed by atoms with Gasteiger partial charge in [-0.3, -0.25) is 14.4 Å². The number of unbranched alkanes of at least 4 members (excludes halogenated alkanes) is 1. The van der Waals surface area contributed by atoms with Crippen molar-refractivity contribution < 1.29 is 19.1 Å². The molecule has 0 aromatic heterocycles. The maximum Gasteiger partial charge on any atom is 0.217 e. The lowest BCUT2D eigenvalue weighted by Crippen LogP contribution is -2.38. The molecule has 0 saturated heterocycles. The van der Waals surface area contributed by atoms with Crippen molar-refractivity contribution >= 4 is 29.3 Å². The van der Waals surface area contributed by atoms with E-state index in [4.69, 9.17) is 27.8 Å². The van der Waals surface area contributed by atoms with Crippen LogP contribution in [-0.2, 0) is 20.8 Å². The van der Waals surface area contributed by atoms with Crippen molar-refractivity contribution in [3.05, 3.63) is 28.8 Å². The molecule has 0 aliphatic rings. The highest BCUT2D eigenvalue weighted by atomic mass is 35.5. The molecular weight excluding hydrogens is 358 g/mol. The lowest BCUT2D eigenvalue weighted by Gasteiger charge is -2.19. The second kappa shape index (κ2) is 11.4. The number of halogens is 1. The lowest BCUT2D eigenvalue weighted by atomic mass is 10.1. The van der Waals surface area contributed by atoms with Crippen molar-refractivity contribution in [2.24, 2.45) is 11.5 Å². The summed E-state index contributed by atoms with van der Waals surface area (Å²) in [5.74, 6) is -0.449. The van der Waals surface area contributed by atoms with Crippen LogP contribution in [0.5, 0.6) is 5.75 Å². The molecule has 7 nitrogen and oxygen atoms in total. The van der Waals surface area contributed by atoms with Crippen molar-refractivity contribution in [2.45, 2.75) is 51.5 Å². The van der Waals surface area contributed by atoms with Crippen LogP contribution in [0, 0.1) is 0 Å². The molecule has 0 spiro atoms. The van der Waals surface area contributed by atoms with Gasteiger partial charge in [0.15, 0.2) is 0 Å². The van der Waals surface area contributed by atoms with Gasteiger partial charge in [-0.05, 0) is 37.3 Å². The number of aryl methyl sites for hydroxylation is 1. The third kappa shape index (κ3) is 8.71. The van der Waals surface area contributed by atoms with Crippen LogP contribution in [0.3, 0.4) is 0 Å².